The second-order valence-electron chi connectivity index (χ2n) is 3.60. The highest BCUT2D eigenvalue weighted by Gasteiger charge is 2.16. The molecule has 0 fully saturated rings. The average molecular weight is 220 g/mol. The molecular formula is C12H16N2S. The Labute approximate surface area is 94.9 Å². The summed E-state index contributed by atoms with van der Waals surface area (Å²) < 4.78 is 0. The summed E-state index contributed by atoms with van der Waals surface area (Å²) in [5, 5.41) is 6.22. The molecule has 1 aliphatic rings. The topological polar surface area (TPSA) is 38.0 Å². The van der Waals surface area contributed by atoms with Crippen molar-refractivity contribution in [1.82, 2.24) is 5.32 Å². The molecule has 0 aliphatic carbocycles. The molecule has 0 aromatic heterocycles. The van der Waals surface area contributed by atoms with Crippen LogP contribution in [0.5, 0.6) is 0 Å². The summed E-state index contributed by atoms with van der Waals surface area (Å²) in [6.07, 6.45) is 2.22. The van der Waals surface area contributed by atoms with Crippen molar-refractivity contribution in [2.24, 2.45) is 5.73 Å². The highest BCUT2D eigenvalue weighted by atomic mass is 32.2. The maximum absolute atomic E-state index is 5.50. The van der Waals surface area contributed by atoms with Crippen LogP contribution in [0.1, 0.15) is 18.4 Å². The molecule has 0 saturated heterocycles. The first-order valence-corrected chi connectivity index (χ1v) is 6.22. The van der Waals surface area contributed by atoms with Crippen molar-refractivity contribution in [1.29, 1.82) is 0 Å². The summed E-state index contributed by atoms with van der Waals surface area (Å²) in [6.45, 7) is 0.777. The van der Waals surface area contributed by atoms with Gasteiger partial charge in [0.25, 0.3) is 0 Å². The number of nitrogens with two attached hydrogens (primary N) is 1. The Morgan fingerprint density at radius 3 is 2.80 bits per heavy atom. The molecule has 1 aromatic rings. The molecule has 15 heavy (non-hydrogen) atoms. The Balaban J connectivity index is 1.92. The molecule has 1 aliphatic heterocycles. The highest BCUT2D eigenvalue weighted by Crippen LogP contribution is 2.29. The van der Waals surface area contributed by atoms with Crippen LogP contribution in [0.4, 0.5) is 0 Å². The fraction of sp³-hybridized carbons (Fsp3) is 0.333. The van der Waals surface area contributed by atoms with Gasteiger partial charge in [0.2, 0.25) is 0 Å². The van der Waals surface area contributed by atoms with E-state index in [-0.39, 0.29) is 0 Å². The van der Waals surface area contributed by atoms with Crippen molar-refractivity contribution in [2.45, 2.75) is 18.2 Å². The fourth-order valence-electron chi connectivity index (χ4n) is 1.60. The first kappa shape index (κ1) is 10.6. The standard InChI is InChI=1S/C12H16N2S/c13-8-4-7-12-14-11(9-15-12)10-5-2-1-3-6-10/h1-3,5-6,9,12,14H,4,7-8,13H2. The lowest BCUT2D eigenvalue weighted by Crippen LogP contribution is -2.20. The molecule has 0 radical (unpaired) electrons. The zero-order valence-corrected chi connectivity index (χ0v) is 9.46. The van der Waals surface area contributed by atoms with Crippen LogP contribution in [-0.4, -0.2) is 11.9 Å². The predicted octanol–water partition coefficient (Wildman–Crippen LogP) is 2.39. The van der Waals surface area contributed by atoms with Crippen LogP contribution in [-0.2, 0) is 0 Å². The van der Waals surface area contributed by atoms with Gasteiger partial charge < -0.3 is 11.1 Å². The van der Waals surface area contributed by atoms with Crippen molar-refractivity contribution >= 4 is 17.5 Å². The van der Waals surface area contributed by atoms with E-state index in [1.165, 1.54) is 11.3 Å². The van der Waals surface area contributed by atoms with Crippen molar-refractivity contribution in [2.75, 3.05) is 6.54 Å². The van der Waals surface area contributed by atoms with Crippen LogP contribution >= 0.6 is 11.8 Å². The normalized spacial score (nSPS) is 19.8. The smallest absolute Gasteiger partial charge is 0.0764 e. The van der Waals surface area contributed by atoms with Gasteiger partial charge in [0.15, 0.2) is 0 Å². The molecule has 1 unspecified atom stereocenters. The van der Waals surface area contributed by atoms with Gasteiger partial charge in [0.1, 0.15) is 0 Å². The molecule has 2 nitrogen and oxygen atoms in total. The molecule has 1 heterocycles. The second kappa shape index (κ2) is 5.24. The van der Waals surface area contributed by atoms with Gasteiger partial charge >= 0.3 is 0 Å². The summed E-state index contributed by atoms with van der Waals surface area (Å²) in [5.41, 5.74) is 8.00. The Kier molecular flexibility index (Phi) is 3.69. The number of rotatable bonds is 4. The average Bonchev–Trinajstić information content (AvgIpc) is 2.76. The van der Waals surface area contributed by atoms with Crippen molar-refractivity contribution in [3.05, 3.63) is 41.3 Å². The van der Waals surface area contributed by atoms with Crippen LogP contribution < -0.4 is 11.1 Å². The lowest BCUT2D eigenvalue weighted by atomic mass is 10.2. The molecule has 2 rings (SSSR count). The molecule has 0 amide bonds. The van der Waals surface area contributed by atoms with Gasteiger partial charge in [-0.1, -0.05) is 30.3 Å². The first-order chi connectivity index (χ1) is 7.40. The third-order valence-corrected chi connectivity index (χ3v) is 3.48. The lowest BCUT2D eigenvalue weighted by Gasteiger charge is -2.12. The van der Waals surface area contributed by atoms with E-state index in [1.807, 2.05) is 17.8 Å². The third kappa shape index (κ3) is 2.76. The summed E-state index contributed by atoms with van der Waals surface area (Å²) in [6, 6.07) is 10.4. The minimum Gasteiger partial charge on any atom is -0.372 e. The van der Waals surface area contributed by atoms with E-state index in [1.54, 1.807) is 0 Å². The van der Waals surface area contributed by atoms with Crippen molar-refractivity contribution < 1.29 is 0 Å². The maximum Gasteiger partial charge on any atom is 0.0764 e. The molecule has 1 aromatic carbocycles. The number of benzene rings is 1. The first-order valence-electron chi connectivity index (χ1n) is 5.28. The zero-order valence-electron chi connectivity index (χ0n) is 8.65. The Hall–Kier alpha value is -0.930. The highest BCUT2D eigenvalue weighted by molar-refractivity contribution is 8.03. The Bertz CT molecular complexity index is 335. The monoisotopic (exact) mass is 220 g/mol. The number of thioether (sulfide) groups is 1. The fourth-order valence-corrected chi connectivity index (χ4v) is 2.61. The number of nitrogens with one attached hydrogen (secondary N) is 1. The van der Waals surface area contributed by atoms with E-state index in [4.69, 9.17) is 5.73 Å². The van der Waals surface area contributed by atoms with Crippen LogP contribution in [0, 0.1) is 0 Å². The largest absolute Gasteiger partial charge is 0.372 e. The summed E-state index contributed by atoms with van der Waals surface area (Å²) >= 11 is 1.86. The van der Waals surface area contributed by atoms with E-state index in [9.17, 15) is 0 Å². The summed E-state index contributed by atoms with van der Waals surface area (Å²) in [5.74, 6) is 0. The molecule has 3 N–H and O–H groups in total. The second-order valence-corrected chi connectivity index (χ2v) is 4.67. The van der Waals surface area contributed by atoms with Crippen LogP contribution in [0.15, 0.2) is 35.7 Å². The van der Waals surface area contributed by atoms with Gasteiger partial charge in [-0.2, -0.15) is 0 Å². The molecule has 0 spiro atoms. The molecule has 80 valence electrons. The van der Waals surface area contributed by atoms with Gasteiger partial charge in [-0.05, 0) is 30.4 Å². The summed E-state index contributed by atoms with van der Waals surface area (Å²) in [7, 11) is 0. The third-order valence-electron chi connectivity index (χ3n) is 2.42. The quantitative estimate of drug-likeness (QED) is 0.818. The minimum absolute atomic E-state index is 0.503. The number of hydrogen-bond acceptors (Lipinski definition) is 3. The van der Waals surface area contributed by atoms with Crippen LogP contribution in [0.3, 0.4) is 0 Å². The van der Waals surface area contributed by atoms with E-state index in [0.717, 1.165) is 19.4 Å². The van der Waals surface area contributed by atoms with E-state index in [0.29, 0.717) is 5.37 Å². The number of hydrogen-bond donors (Lipinski definition) is 2. The van der Waals surface area contributed by atoms with E-state index in [2.05, 4.69) is 35.0 Å². The van der Waals surface area contributed by atoms with Gasteiger partial charge in [-0.3, -0.25) is 0 Å². The zero-order chi connectivity index (χ0) is 10.5. The molecule has 3 heteroatoms. The van der Waals surface area contributed by atoms with Gasteiger partial charge in [-0.15, -0.1) is 11.8 Å². The lowest BCUT2D eigenvalue weighted by molar-refractivity contribution is 0.679. The van der Waals surface area contributed by atoms with E-state index >= 15 is 0 Å². The summed E-state index contributed by atoms with van der Waals surface area (Å²) in [4.78, 5) is 0. The van der Waals surface area contributed by atoms with Crippen LogP contribution in [0.2, 0.25) is 0 Å². The Morgan fingerprint density at radius 1 is 1.27 bits per heavy atom. The van der Waals surface area contributed by atoms with Gasteiger partial charge in [0, 0.05) is 5.70 Å². The van der Waals surface area contributed by atoms with Crippen molar-refractivity contribution in [3.63, 3.8) is 0 Å². The van der Waals surface area contributed by atoms with E-state index < -0.39 is 0 Å². The van der Waals surface area contributed by atoms with Crippen molar-refractivity contribution in [3.8, 4) is 0 Å². The minimum atomic E-state index is 0.503. The molecule has 0 saturated carbocycles. The van der Waals surface area contributed by atoms with Gasteiger partial charge in [0.05, 0.1) is 5.37 Å². The molecule has 0 bridgehead atoms. The Morgan fingerprint density at radius 2 is 2.07 bits per heavy atom. The SMILES string of the molecule is NCCCC1NC(c2ccccc2)=CS1. The molecule has 1 atom stereocenters. The van der Waals surface area contributed by atoms with Crippen LogP contribution in [0.25, 0.3) is 5.70 Å². The predicted molar refractivity (Wildman–Crippen MR) is 67.2 cm³/mol. The maximum atomic E-state index is 5.50. The molecular weight excluding hydrogens is 204 g/mol. The van der Waals surface area contributed by atoms with Gasteiger partial charge in [-0.25, -0.2) is 0 Å².